The third-order valence-corrected chi connectivity index (χ3v) is 14.7. The van der Waals surface area contributed by atoms with Gasteiger partial charge in [0.1, 0.15) is 11.7 Å². The van der Waals surface area contributed by atoms with Gasteiger partial charge in [-0.3, -0.25) is 14.4 Å². The number of hydrogen-bond donors (Lipinski definition) is 1. The highest BCUT2D eigenvalue weighted by molar-refractivity contribution is 7.35. The van der Waals surface area contributed by atoms with Crippen molar-refractivity contribution in [1.29, 1.82) is 0 Å². The van der Waals surface area contributed by atoms with Gasteiger partial charge in [0, 0.05) is 42.3 Å². The molecule has 2 aromatic carbocycles. The number of allylic oxidation sites excluding steroid dienone is 1. The maximum atomic E-state index is 13.2. The van der Waals surface area contributed by atoms with Crippen molar-refractivity contribution >= 4 is 93.6 Å². The number of aliphatic hydroxyl groups excluding tert-OH is 1. The summed E-state index contributed by atoms with van der Waals surface area (Å²) in [6.45, 7) is 0. The van der Waals surface area contributed by atoms with Gasteiger partial charge < -0.3 is 9.84 Å². The van der Waals surface area contributed by atoms with Gasteiger partial charge in [-0.25, -0.2) is 0 Å². The first-order valence-corrected chi connectivity index (χ1v) is 18.9. The maximum absolute atomic E-state index is 13.2. The Labute approximate surface area is 285 Å². The van der Waals surface area contributed by atoms with Crippen molar-refractivity contribution in [2.45, 2.75) is 43.8 Å². The third-order valence-electron chi connectivity index (χ3n) is 9.89. The van der Waals surface area contributed by atoms with Gasteiger partial charge in [-0.2, -0.15) is 0 Å². The molecule has 5 nitrogen and oxygen atoms in total. The SMILES string of the molecule is O=C1C(=Cc2cc3sc4c(c3s2)OC2(CCCCC2)c2c-4sc3cc(/C=C4\C(=O)c5ccccc5C4O)sc23)C(=O)c2ccccc21. The van der Waals surface area contributed by atoms with Crippen LogP contribution in [0, 0.1) is 0 Å². The Balaban J connectivity index is 1.07. The molecule has 6 aromatic rings. The molecule has 4 aromatic heterocycles. The van der Waals surface area contributed by atoms with Crippen LogP contribution in [0.25, 0.3) is 40.7 Å². The molecule has 1 unspecified atom stereocenters. The van der Waals surface area contributed by atoms with Crippen LogP contribution in [-0.2, 0) is 5.60 Å². The number of ether oxygens (including phenoxy) is 1. The monoisotopic (exact) mass is 688 g/mol. The summed E-state index contributed by atoms with van der Waals surface area (Å²) in [4.78, 5) is 43.5. The number of ketones is 3. The van der Waals surface area contributed by atoms with Crippen LogP contribution in [0.3, 0.4) is 0 Å². The number of Topliss-reactive ketones (excluding diaryl/α,β-unsaturated/α-hetero) is 3. The number of carbonyl (C=O) groups is 3. The van der Waals surface area contributed by atoms with Gasteiger partial charge in [0.2, 0.25) is 0 Å². The van der Waals surface area contributed by atoms with Gasteiger partial charge in [0.25, 0.3) is 0 Å². The summed E-state index contributed by atoms with van der Waals surface area (Å²) in [7, 11) is 0. The molecule has 0 saturated heterocycles. The second kappa shape index (κ2) is 10.0. The summed E-state index contributed by atoms with van der Waals surface area (Å²) in [6.07, 6.45) is 7.95. The van der Waals surface area contributed by atoms with E-state index in [1.807, 2.05) is 24.3 Å². The number of aliphatic hydroxyl groups is 1. The van der Waals surface area contributed by atoms with E-state index in [-0.39, 0.29) is 22.9 Å². The third kappa shape index (κ3) is 3.92. The van der Waals surface area contributed by atoms with Gasteiger partial charge in [-0.05, 0) is 55.5 Å². The smallest absolute Gasteiger partial charge is 0.197 e. The Hall–Kier alpha value is -3.99. The molecule has 230 valence electrons. The van der Waals surface area contributed by atoms with Crippen molar-refractivity contribution in [2.24, 2.45) is 0 Å². The minimum Gasteiger partial charge on any atom is -0.479 e. The van der Waals surface area contributed by atoms with Crippen molar-refractivity contribution in [1.82, 2.24) is 0 Å². The van der Waals surface area contributed by atoms with Crippen LogP contribution in [0.4, 0.5) is 0 Å². The number of benzene rings is 2. The average Bonchev–Trinajstić information content (AvgIpc) is 3.91. The summed E-state index contributed by atoms with van der Waals surface area (Å²) in [6, 6.07) is 18.6. The molecule has 9 heteroatoms. The van der Waals surface area contributed by atoms with Gasteiger partial charge in [0.15, 0.2) is 23.1 Å². The fourth-order valence-corrected chi connectivity index (χ4v) is 13.1. The van der Waals surface area contributed by atoms with Crippen LogP contribution in [0.15, 0.2) is 71.8 Å². The molecule has 1 N–H and O–H groups in total. The molecule has 1 fully saturated rings. The predicted octanol–water partition coefficient (Wildman–Crippen LogP) is 10.2. The first-order chi connectivity index (χ1) is 22.9. The minimum atomic E-state index is -0.914. The lowest BCUT2D eigenvalue weighted by Crippen LogP contribution is -2.37. The van der Waals surface area contributed by atoms with E-state index in [4.69, 9.17) is 4.74 Å². The van der Waals surface area contributed by atoms with E-state index in [1.54, 1.807) is 81.8 Å². The Morgan fingerprint density at radius 1 is 0.702 bits per heavy atom. The van der Waals surface area contributed by atoms with Gasteiger partial charge in [0.05, 0.1) is 29.4 Å². The highest BCUT2D eigenvalue weighted by Gasteiger charge is 2.46. The topological polar surface area (TPSA) is 80.7 Å². The summed E-state index contributed by atoms with van der Waals surface area (Å²) >= 11 is 6.76. The van der Waals surface area contributed by atoms with Crippen LogP contribution < -0.4 is 4.74 Å². The molecule has 1 aliphatic heterocycles. The van der Waals surface area contributed by atoms with Crippen molar-refractivity contribution in [3.8, 4) is 15.5 Å². The normalized spacial score (nSPS) is 20.3. The van der Waals surface area contributed by atoms with E-state index in [0.29, 0.717) is 27.8 Å². The Bertz CT molecular complexity index is 2420. The van der Waals surface area contributed by atoms with E-state index in [0.717, 1.165) is 55.5 Å². The molecule has 0 bridgehead atoms. The maximum Gasteiger partial charge on any atom is 0.197 e. The van der Waals surface area contributed by atoms with E-state index in [1.165, 1.54) is 26.3 Å². The Morgan fingerprint density at radius 3 is 2.04 bits per heavy atom. The molecular weight excluding hydrogens is 665 g/mol. The first-order valence-electron chi connectivity index (χ1n) is 15.7. The fourth-order valence-electron chi connectivity index (χ4n) is 7.70. The summed E-state index contributed by atoms with van der Waals surface area (Å²) in [5.74, 6) is 0.395. The summed E-state index contributed by atoms with van der Waals surface area (Å²) < 4.78 is 11.7. The zero-order valence-corrected chi connectivity index (χ0v) is 28.0. The molecule has 1 spiro atoms. The molecule has 1 saturated carbocycles. The highest BCUT2D eigenvalue weighted by Crippen LogP contribution is 2.62. The molecule has 3 aliphatic carbocycles. The average molecular weight is 689 g/mol. The van der Waals surface area contributed by atoms with Crippen LogP contribution in [0.5, 0.6) is 5.75 Å². The van der Waals surface area contributed by atoms with Crippen LogP contribution in [0.2, 0.25) is 0 Å². The second-order valence-corrected chi connectivity index (χ2v) is 16.9. The molecule has 47 heavy (non-hydrogen) atoms. The van der Waals surface area contributed by atoms with Crippen molar-refractivity contribution in [3.63, 3.8) is 0 Å². The number of rotatable bonds is 2. The predicted molar refractivity (Wildman–Crippen MR) is 191 cm³/mol. The van der Waals surface area contributed by atoms with E-state index in [2.05, 4.69) is 12.1 Å². The zero-order valence-electron chi connectivity index (χ0n) is 24.8. The number of carbonyl (C=O) groups excluding carboxylic acids is 3. The largest absolute Gasteiger partial charge is 0.479 e. The quantitative estimate of drug-likeness (QED) is 0.145. The van der Waals surface area contributed by atoms with Crippen LogP contribution in [0.1, 0.15) is 90.2 Å². The summed E-state index contributed by atoms with van der Waals surface area (Å²) in [5.41, 5.74) is 3.69. The van der Waals surface area contributed by atoms with Gasteiger partial charge in [-0.1, -0.05) is 55.0 Å². The lowest BCUT2D eigenvalue weighted by Gasteiger charge is -2.40. The highest BCUT2D eigenvalue weighted by atomic mass is 32.1. The van der Waals surface area contributed by atoms with E-state index < -0.39 is 11.7 Å². The molecule has 10 rings (SSSR count). The second-order valence-electron chi connectivity index (χ2n) is 12.6. The molecule has 1 atom stereocenters. The standard InChI is InChI=1S/C38H24O5S4/c39-29-20-8-2-3-9-21(20)30(40)24(29)14-18-16-26-34(44-18)28-36(46-26)37-33(43-38(28)12-6-1-7-13-38)35-27(47-37)17-19(45-35)15-25-31(41)22-10-4-5-11-23(22)32(25)42/h2-5,8-11,14-17,29,39H,1,6-7,12-13H2/b24-14-. The molecule has 4 aliphatic rings. The van der Waals surface area contributed by atoms with Crippen LogP contribution >= 0.6 is 45.3 Å². The van der Waals surface area contributed by atoms with E-state index in [9.17, 15) is 19.5 Å². The fraction of sp³-hybridized carbons (Fsp3) is 0.184. The number of fused-ring (bicyclic) bond motifs is 10. The number of thiophene rings is 4. The molecular formula is C38H24O5S4. The lowest BCUT2D eigenvalue weighted by atomic mass is 9.78. The minimum absolute atomic E-state index is 0.108. The van der Waals surface area contributed by atoms with Crippen molar-refractivity contribution in [3.05, 3.63) is 109 Å². The zero-order chi connectivity index (χ0) is 31.6. The lowest BCUT2D eigenvalue weighted by molar-refractivity contribution is 0.0282. The van der Waals surface area contributed by atoms with Crippen LogP contribution in [-0.4, -0.2) is 22.5 Å². The van der Waals surface area contributed by atoms with Crippen molar-refractivity contribution < 1.29 is 24.2 Å². The van der Waals surface area contributed by atoms with E-state index >= 15 is 0 Å². The number of hydrogen-bond acceptors (Lipinski definition) is 9. The molecule has 0 amide bonds. The Morgan fingerprint density at radius 2 is 1.32 bits per heavy atom. The van der Waals surface area contributed by atoms with Gasteiger partial charge >= 0.3 is 0 Å². The van der Waals surface area contributed by atoms with Crippen molar-refractivity contribution in [2.75, 3.05) is 0 Å². The van der Waals surface area contributed by atoms with Gasteiger partial charge in [-0.15, -0.1) is 45.3 Å². The molecule has 5 heterocycles. The Kier molecular flexibility index (Phi) is 5.98. The molecule has 0 radical (unpaired) electrons. The first kappa shape index (κ1) is 28.1. The summed E-state index contributed by atoms with van der Waals surface area (Å²) in [5, 5.41) is 11.0.